The summed E-state index contributed by atoms with van der Waals surface area (Å²) in [5.74, 6) is -2.45. The number of benzene rings is 2. The summed E-state index contributed by atoms with van der Waals surface area (Å²) in [5, 5.41) is 11.4. The zero-order valence-corrected chi connectivity index (χ0v) is 16.6. The molecule has 1 saturated heterocycles. The van der Waals surface area contributed by atoms with Crippen LogP contribution in [0.3, 0.4) is 0 Å². The molecule has 0 bridgehead atoms. The van der Waals surface area contributed by atoms with Crippen LogP contribution in [0.15, 0.2) is 72.6 Å². The minimum atomic E-state index is -0.877. The molecule has 5 nitrogen and oxygen atoms in total. The third-order valence-electron chi connectivity index (χ3n) is 5.00. The monoisotopic (exact) mass is 422 g/mol. The molecule has 3 aromatic rings. The van der Waals surface area contributed by atoms with Gasteiger partial charge >= 0.3 is 0 Å². The molecule has 1 fully saturated rings. The molecule has 2 heterocycles. The highest BCUT2D eigenvalue weighted by atomic mass is 35.5. The van der Waals surface area contributed by atoms with Crippen LogP contribution in [0.1, 0.15) is 22.7 Å². The number of nitrogens with zero attached hydrogens (tertiary/aromatic N) is 2. The van der Waals surface area contributed by atoms with Gasteiger partial charge in [-0.2, -0.15) is 0 Å². The first-order valence-electron chi connectivity index (χ1n) is 9.11. The zero-order chi connectivity index (χ0) is 21.4. The molecule has 7 heteroatoms. The van der Waals surface area contributed by atoms with Crippen molar-refractivity contribution in [2.75, 3.05) is 4.90 Å². The normalized spacial score (nSPS) is 18.1. The second kappa shape index (κ2) is 7.72. The fraction of sp³-hybridized carbons (Fsp3) is 0.0870. The SMILES string of the molecule is Cc1cc(Cl)ccc1N1C(=O)C(=O)/C(=C(/O)c2ccc(F)cc2)C1c1ccncc1. The van der Waals surface area contributed by atoms with Gasteiger partial charge in [0.15, 0.2) is 0 Å². The molecule has 1 unspecified atom stereocenters. The Bertz CT molecular complexity index is 1180. The van der Waals surface area contributed by atoms with Gasteiger partial charge in [-0.05, 0) is 72.6 Å². The second-order valence-electron chi connectivity index (χ2n) is 6.89. The van der Waals surface area contributed by atoms with Gasteiger partial charge in [0.25, 0.3) is 11.7 Å². The van der Waals surface area contributed by atoms with Gasteiger partial charge in [0.1, 0.15) is 11.6 Å². The number of anilines is 1. The number of halogens is 2. The molecule has 4 rings (SSSR count). The number of hydrogen-bond donors (Lipinski definition) is 1. The lowest BCUT2D eigenvalue weighted by Crippen LogP contribution is -2.30. The van der Waals surface area contributed by atoms with Gasteiger partial charge in [0.2, 0.25) is 0 Å². The summed E-state index contributed by atoms with van der Waals surface area (Å²) >= 11 is 6.06. The Morgan fingerprint density at radius 3 is 2.37 bits per heavy atom. The van der Waals surface area contributed by atoms with Crippen LogP contribution in [-0.2, 0) is 9.59 Å². The summed E-state index contributed by atoms with van der Waals surface area (Å²) < 4.78 is 13.3. The Morgan fingerprint density at radius 1 is 1.07 bits per heavy atom. The molecule has 30 heavy (non-hydrogen) atoms. The number of rotatable bonds is 3. The van der Waals surface area contributed by atoms with E-state index in [1.807, 2.05) is 0 Å². The molecule has 0 spiro atoms. The van der Waals surface area contributed by atoms with Crippen molar-refractivity contribution in [2.24, 2.45) is 0 Å². The zero-order valence-electron chi connectivity index (χ0n) is 15.8. The van der Waals surface area contributed by atoms with Gasteiger partial charge in [0, 0.05) is 28.7 Å². The number of aliphatic hydroxyl groups excluding tert-OH is 1. The van der Waals surface area contributed by atoms with Crippen molar-refractivity contribution in [1.29, 1.82) is 0 Å². The standard InChI is InChI=1S/C23H16ClFN2O3/c1-13-12-16(24)4-7-18(13)27-20(14-8-10-26-11-9-14)19(22(29)23(27)30)21(28)15-2-5-17(25)6-3-15/h2-12,20,28H,1H3/b21-19+. The van der Waals surface area contributed by atoms with Crippen LogP contribution in [0.4, 0.5) is 10.1 Å². The molecular weight excluding hydrogens is 407 g/mol. The van der Waals surface area contributed by atoms with Gasteiger partial charge in [0.05, 0.1) is 11.6 Å². The lowest BCUT2D eigenvalue weighted by Gasteiger charge is -2.26. The summed E-state index contributed by atoms with van der Waals surface area (Å²) in [5.41, 5.74) is 1.96. The minimum absolute atomic E-state index is 0.0767. The number of aromatic nitrogens is 1. The number of aryl methyl sites for hydroxylation is 1. The lowest BCUT2D eigenvalue weighted by molar-refractivity contribution is -0.132. The minimum Gasteiger partial charge on any atom is -0.507 e. The Kier molecular flexibility index (Phi) is 5.10. The van der Waals surface area contributed by atoms with E-state index in [-0.39, 0.29) is 16.9 Å². The van der Waals surface area contributed by atoms with Gasteiger partial charge in [-0.3, -0.25) is 19.5 Å². The highest BCUT2D eigenvalue weighted by Gasteiger charge is 2.47. The Balaban J connectivity index is 1.96. The van der Waals surface area contributed by atoms with E-state index in [1.54, 1.807) is 49.6 Å². The van der Waals surface area contributed by atoms with Gasteiger partial charge < -0.3 is 5.11 Å². The van der Waals surface area contributed by atoms with Crippen LogP contribution >= 0.6 is 11.6 Å². The average Bonchev–Trinajstić information content (AvgIpc) is 3.00. The highest BCUT2D eigenvalue weighted by Crippen LogP contribution is 2.43. The maximum atomic E-state index is 13.3. The van der Waals surface area contributed by atoms with Crippen LogP contribution in [0, 0.1) is 12.7 Å². The van der Waals surface area contributed by atoms with E-state index < -0.39 is 23.5 Å². The summed E-state index contributed by atoms with van der Waals surface area (Å²) in [7, 11) is 0. The van der Waals surface area contributed by atoms with Gasteiger partial charge in [-0.25, -0.2) is 4.39 Å². The van der Waals surface area contributed by atoms with Crippen molar-refractivity contribution in [2.45, 2.75) is 13.0 Å². The van der Waals surface area contributed by atoms with Gasteiger partial charge in [-0.1, -0.05) is 11.6 Å². The van der Waals surface area contributed by atoms with E-state index >= 15 is 0 Å². The smallest absolute Gasteiger partial charge is 0.300 e. The molecule has 2 aromatic carbocycles. The molecule has 1 aliphatic heterocycles. The van der Waals surface area contributed by atoms with E-state index in [0.29, 0.717) is 21.8 Å². The van der Waals surface area contributed by atoms with Gasteiger partial charge in [-0.15, -0.1) is 0 Å². The molecule has 1 amide bonds. The maximum Gasteiger partial charge on any atom is 0.300 e. The number of carbonyl (C=O) groups excluding carboxylic acids is 2. The van der Waals surface area contributed by atoms with Crippen molar-refractivity contribution in [3.8, 4) is 0 Å². The number of amides is 1. The summed E-state index contributed by atoms with van der Waals surface area (Å²) in [6, 6.07) is 12.5. The summed E-state index contributed by atoms with van der Waals surface area (Å²) in [6.07, 6.45) is 3.09. The van der Waals surface area contributed by atoms with E-state index in [2.05, 4.69) is 4.98 Å². The molecule has 1 N–H and O–H groups in total. The average molecular weight is 423 g/mol. The molecule has 1 aromatic heterocycles. The largest absolute Gasteiger partial charge is 0.507 e. The topological polar surface area (TPSA) is 70.5 Å². The number of pyridine rings is 1. The van der Waals surface area contributed by atoms with Crippen molar-refractivity contribution >= 4 is 34.7 Å². The van der Waals surface area contributed by atoms with Crippen molar-refractivity contribution in [1.82, 2.24) is 4.98 Å². The molecule has 0 saturated carbocycles. The Morgan fingerprint density at radius 2 is 1.73 bits per heavy atom. The molecule has 0 radical (unpaired) electrons. The number of carbonyl (C=O) groups is 2. The van der Waals surface area contributed by atoms with Crippen LogP contribution < -0.4 is 4.90 Å². The van der Waals surface area contributed by atoms with Crippen LogP contribution in [0.5, 0.6) is 0 Å². The third kappa shape index (κ3) is 3.35. The van der Waals surface area contributed by atoms with Crippen molar-refractivity contribution in [3.63, 3.8) is 0 Å². The second-order valence-corrected chi connectivity index (χ2v) is 7.32. The maximum absolute atomic E-state index is 13.3. The molecule has 150 valence electrons. The Hall–Kier alpha value is -3.51. The number of Topliss-reactive ketones (excluding diaryl/α,β-unsaturated/α-hetero) is 1. The van der Waals surface area contributed by atoms with E-state index in [9.17, 15) is 19.1 Å². The highest BCUT2D eigenvalue weighted by molar-refractivity contribution is 6.51. The predicted octanol–water partition coefficient (Wildman–Crippen LogP) is 4.81. The fourth-order valence-electron chi connectivity index (χ4n) is 3.59. The number of aliphatic hydroxyl groups is 1. The lowest BCUT2D eigenvalue weighted by atomic mass is 9.95. The summed E-state index contributed by atoms with van der Waals surface area (Å²) in [4.78, 5) is 31.4. The van der Waals surface area contributed by atoms with Crippen molar-refractivity contribution < 1.29 is 19.1 Å². The molecule has 0 aliphatic carbocycles. The van der Waals surface area contributed by atoms with Crippen LogP contribution in [-0.4, -0.2) is 21.8 Å². The first-order valence-corrected chi connectivity index (χ1v) is 9.49. The Labute approximate surface area is 177 Å². The first-order chi connectivity index (χ1) is 14.4. The molecular formula is C23H16ClFN2O3. The van der Waals surface area contributed by atoms with Crippen LogP contribution in [0.2, 0.25) is 5.02 Å². The predicted molar refractivity (Wildman–Crippen MR) is 112 cm³/mol. The fourth-order valence-corrected chi connectivity index (χ4v) is 3.82. The number of hydrogen-bond acceptors (Lipinski definition) is 4. The first kappa shape index (κ1) is 19.8. The number of ketones is 1. The van der Waals surface area contributed by atoms with E-state index in [4.69, 9.17) is 11.6 Å². The van der Waals surface area contributed by atoms with Crippen LogP contribution in [0.25, 0.3) is 5.76 Å². The molecule has 1 aliphatic rings. The van der Waals surface area contributed by atoms with E-state index in [0.717, 1.165) is 0 Å². The molecule has 1 atom stereocenters. The van der Waals surface area contributed by atoms with E-state index in [1.165, 1.54) is 29.2 Å². The van der Waals surface area contributed by atoms with Crippen molar-refractivity contribution in [3.05, 3.63) is 100 Å². The summed E-state index contributed by atoms with van der Waals surface area (Å²) in [6.45, 7) is 1.78. The third-order valence-corrected chi connectivity index (χ3v) is 5.24. The quantitative estimate of drug-likeness (QED) is 0.373.